The van der Waals surface area contributed by atoms with E-state index in [-0.39, 0.29) is 17.6 Å². The lowest BCUT2D eigenvalue weighted by Crippen LogP contribution is -2.26. The zero-order valence-corrected chi connectivity index (χ0v) is 16.3. The van der Waals surface area contributed by atoms with Crippen LogP contribution >= 0.6 is 0 Å². The zero-order valence-electron chi connectivity index (χ0n) is 15.5. The number of nitrogens with one attached hydrogen (secondary N) is 1. The highest BCUT2D eigenvalue weighted by atomic mass is 32.2. The molecule has 1 aliphatic heterocycles. The molecular formula is C20H24N2O4S. The Balaban J connectivity index is 1.77. The Bertz CT molecular complexity index is 913. The number of anilines is 2. The van der Waals surface area contributed by atoms with Crippen LogP contribution in [0.1, 0.15) is 18.9 Å². The second-order valence-electron chi connectivity index (χ2n) is 6.71. The van der Waals surface area contributed by atoms with Crippen LogP contribution in [-0.2, 0) is 21.2 Å². The summed E-state index contributed by atoms with van der Waals surface area (Å²) in [6, 6.07) is 14.9. The molecule has 0 aliphatic carbocycles. The van der Waals surface area contributed by atoms with Crippen LogP contribution in [0.25, 0.3) is 0 Å². The molecule has 2 aromatic rings. The van der Waals surface area contributed by atoms with E-state index in [2.05, 4.69) is 5.32 Å². The highest BCUT2D eigenvalue weighted by Crippen LogP contribution is 2.35. The van der Waals surface area contributed by atoms with Crippen molar-refractivity contribution in [1.82, 2.24) is 0 Å². The van der Waals surface area contributed by atoms with Crippen LogP contribution in [0.2, 0.25) is 0 Å². The molecular weight excluding hydrogens is 364 g/mol. The summed E-state index contributed by atoms with van der Waals surface area (Å²) in [7, 11) is -1.83. The van der Waals surface area contributed by atoms with Gasteiger partial charge in [-0.2, -0.15) is 0 Å². The number of carbonyl (C=O) groups is 1. The molecule has 1 atom stereocenters. The monoisotopic (exact) mass is 388 g/mol. The average Bonchev–Trinajstić information content (AvgIpc) is 3.01. The quantitative estimate of drug-likeness (QED) is 0.825. The maximum absolute atomic E-state index is 12.6. The lowest BCUT2D eigenvalue weighted by Gasteiger charge is -2.21. The van der Waals surface area contributed by atoms with Gasteiger partial charge < -0.3 is 10.1 Å². The van der Waals surface area contributed by atoms with E-state index in [1.54, 1.807) is 18.2 Å². The van der Waals surface area contributed by atoms with Crippen molar-refractivity contribution >= 4 is 27.3 Å². The van der Waals surface area contributed by atoms with E-state index >= 15 is 0 Å². The number of sulfonamides is 1. The van der Waals surface area contributed by atoms with Crippen molar-refractivity contribution < 1.29 is 17.9 Å². The molecule has 27 heavy (non-hydrogen) atoms. The second-order valence-corrected chi connectivity index (χ2v) is 8.72. The molecule has 0 spiro atoms. The summed E-state index contributed by atoms with van der Waals surface area (Å²) < 4.78 is 31.2. The van der Waals surface area contributed by atoms with E-state index in [0.717, 1.165) is 5.56 Å². The average molecular weight is 388 g/mol. The van der Waals surface area contributed by atoms with Crippen LogP contribution in [0, 0.1) is 5.92 Å². The fraction of sp³-hybridized carbons (Fsp3) is 0.350. The van der Waals surface area contributed by atoms with Gasteiger partial charge >= 0.3 is 0 Å². The molecule has 6 nitrogen and oxygen atoms in total. The summed E-state index contributed by atoms with van der Waals surface area (Å²) in [5.74, 6) is 0.268. The van der Waals surface area contributed by atoms with Gasteiger partial charge in [0.1, 0.15) is 5.75 Å². The van der Waals surface area contributed by atoms with Crippen LogP contribution in [0.3, 0.4) is 0 Å². The van der Waals surface area contributed by atoms with Crippen LogP contribution in [0.5, 0.6) is 5.75 Å². The standard InChI is InChI=1S/C20H24N2O4S/c1-15(13-16-7-4-3-5-8-16)20(23)21-17-9-10-19(26-2)18(14-17)22-11-6-12-27(22,24)25/h3-5,7-10,14-15H,6,11-13H2,1-2H3,(H,21,23). The first kappa shape index (κ1) is 19.2. The van der Waals surface area contributed by atoms with Gasteiger partial charge in [0.2, 0.25) is 15.9 Å². The maximum atomic E-state index is 12.6. The molecule has 0 radical (unpaired) electrons. The Morgan fingerprint density at radius 1 is 1.22 bits per heavy atom. The molecule has 7 heteroatoms. The van der Waals surface area contributed by atoms with Gasteiger partial charge in [-0.1, -0.05) is 37.3 Å². The molecule has 0 aromatic heterocycles. The van der Waals surface area contributed by atoms with Crippen molar-refractivity contribution in [2.45, 2.75) is 19.8 Å². The number of rotatable bonds is 6. The summed E-state index contributed by atoms with van der Waals surface area (Å²) in [4.78, 5) is 12.6. The number of nitrogens with zero attached hydrogens (tertiary/aromatic N) is 1. The predicted molar refractivity (Wildman–Crippen MR) is 107 cm³/mol. The Kier molecular flexibility index (Phi) is 5.70. The first-order valence-corrected chi connectivity index (χ1v) is 10.5. The fourth-order valence-corrected chi connectivity index (χ4v) is 4.76. The minimum atomic E-state index is -3.33. The largest absolute Gasteiger partial charge is 0.495 e. The van der Waals surface area contributed by atoms with E-state index in [1.165, 1.54) is 11.4 Å². The Labute approximate surface area is 160 Å². The third-order valence-electron chi connectivity index (χ3n) is 4.65. The van der Waals surface area contributed by atoms with E-state index in [9.17, 15) is 13.2 Å². The highest BCUT2D eigenvalue weighted by molar-refractivity contribution is 7.93. The molecule has 2 aromatic carbocycles. The van der Waals surface area contributed by atoms with Crippen molar-refractivity contribution in [3.63, 3.8) is 0 Å². The van der Waals surface area contributed by atoms with Gasteiger partial charge in [-0.05, 0) is 36.6 Å². The van der Waals surface area contributed by atoms with Crippen molar-refractivity contribution in [2.24, 2.45) is 5.92 Å². The summed E-state index contributed by atoms with van der Waals surface area (Å²) in [6.45, 7) is 2.29. The Morgan fingerprint density at radius 3 is 2.59 bits per heavy atom. The van der Waals surface area contributed by atoms with Gasteiger partial charge in [-0.25, -0.2) is 8.42 Å². The molecule has 1 N–H and O–H groups in total. The maximum Gasteiger partial charge on any atom is 0.235 e. The third kappa shape index (κ3) is 4.42. The summed E-state index contributed by atoms with van der Waals surface area (Å²) in [6.07, 6.45) is 1.21. The Hall–Kier alpha value is -2.54. The molecule has 1 aliphatic rings. The predicted octanol–water partition coefficient (Wildman–Crippen LogP) is 3.05. The van der Waals surface area contributed by atoms with E-state index < -0.39 is 10.0 Å². The van der Waals surface area contributed by atoms with E-state index in [0.29, 0.717) is 36.5 Å². The molecule has 1 unspecified atom stereocenters. The molecule has 1 amide bonds. The summed E-state index contributed by atoms with van der Waals surface area (Å²) in [5.41, 5.74) is 2.11. The summed E-state index contributed by atoms with van der Waals surface area (Å²) in [5, 5.41) is 2.89. The first-order valence-electron chi connectivity index (χ1n) is 8.94. The number of benzene rings is 2. The lowest BCUT2D eigenvalue weighted by atomic mass is 10.0. The number of hydrogen-bond acceptors (Lipinski definition) is 4. The van der Waals surface area contributed by atoms with Gasteiger partial charge in [0.15, 0.2) is 0 Å². The number of hydrogen-bond donors (Lipinski definition) is 1. The van der Waals surface area contributed by atoms with Crippen molar-refractivity contribution in [3.8, 4) is 5.75 Å². The van der Waals surface area contributed by atoms with Crippen molar-refractivity contribution in [1.29, 1.82) is 0 Å². The van der Waals surface area contributed by atoms with Gasteiger partial charge in [0.25, 0.3) is 0 Å². The van der Waals surface area contributed by atoms with Gasteiger partial charge in [-0.3, -0.25) is 9.10 Å². The van der Waals surface area contributed by atoms with Crippen LogP contribution in [-0.4, -0.2) is 33.7 Å². The molecule has 144 valence electrons. The number of methoxy groups -OCH3 is 1. The second kappa shape index (κ2) is 8.00. The zero-order chi connectivity index (χ0) is 19.4. The van der Waals surface area contributed by atoms with Gasteiger partial charge in [0.05, 0.1) is 18.6 Å². The van der Waals surface area contributed by atoms with Gasteiger partial charge in [0, 0.05) is 18.2 Å². The lowest BCUT2D eigenvalue weighted by molar-refractivity contribution is -0.119. The topological polar surface area (TPSA) is 75.7 Å². The van der Waals surface area contributed by atoms with Crippen LogP contribution < -0.4 is 14.4 Å². The third-order valence-corrected chi connectivity index (χ3v) is 6.50. The first-order chi connectivity index (χ1) is 12.9. The van der Waals surface area contributed by atoms with Crippen LogP contribution in [0.15, 0.2) is 48.5 Å². The molecule has 3 rings (SSSR count). The molecule has 1 fully saturated rings. The minimum Gasteiger partial charge on any atom is -0.495 e. The molecule has 0 saturated carbocycles. The highest BCUT2D eigenvalue weighted by Gasteiger charge is 2.30. The van der Waals surface area contributed by atoms with Crippen molar-refractivity contribution in [3.05, 3.63) is 54.1 Å². The summed E-state index contributed by atoms with van der Waals surface area (Å²) >= 11 is 0. The van der Waals surface area contributed by atoms with E-state index in [1.807, 2.05) is 37.3 Å². The number of ether oxygens (including phenoxy) is 1. The van der Waals surface area contributed by atoms with Crippen molar-refractivity contribution in [2.75, 3.05) is 29.0 Å². The van der Waals surface area contributed by atoms with Gasteiger partial charge in [-0.15, -0.1) is 0 Å². The van der Waals surface area contributed by atoms with Crippen LogP contribution in [0.4, 0.5) is 11.4 Å². The SMILES string of the molecule is COc1ccc(NC(=O)C(C)Cc2ccccc2)cc1N1CCCS1(=O)=O. The fourth-order valence-electron chi connectivity index (χ4n) is 3.20. The van der Waals surface area contributed by atoms with E-state index in [4.69, 9.17) is 4.74 Å². The molecule has 1 heterocycles. The minimum absolute atomic E-state index is 0.112. The smallest absolute Gasteiger partial charge is 0.235 e. The molecule has 0 bridgehead atoms. The normalized spacial score (nSPS) is 16.7. The number of amides is 1. The molecule has 1 saturated heterocycles. The number of carbonyl (C=O) groups excluding carboxylic acids is 1. The Morgan fingerprint density at radius 2 is 1.96 bits per heavy atom.